The van der Waals surface area contributed by atoms with Crippen LogP contribution in [0.4, 0.5) is 0 Å². The number of esters is 1. The molecule has 156 valence electrons. The standard InChI is InChI=1S/C24H18Cl2N2O2S/c1-15-8-11-19(12-9-15)31-22-16(2)27-28(18-6-4-3-5-7-18)23(22)30-24(29)20-13-10-17(25)14-21(20)26/h3-14H,1-2H3. The Hall–Kier alpha value is -2.73. The van der Waals surface area contributed by atoms with Crippen molar-refractivity contribution in [3.8, 4) is 11.6 Å². The highest BCUT2D eigenvalue weighted by atomic mass is 35.5. The predicted octanol–water partition coefficient (Wildman–Crippen LogP) is 7.17. The van der Waals surface area contributed by atoms with Crippen molar-refractivity contribution < 1.29 is 9.53 Å². The summed E-state index contributed by atoms with van der Waals surface area (Å²) in [5.41, 5.74) is 2.94. The van der Waals surface area contributed by atoms with E-state index in [-0.39, 0.29) is 10.6 Å². The highest BCUT2D eigenvalue weighted by Crippen LogP contribution is 2.39. The number of halogens is 2. The molecule has 0 spiro atoms. The summed E-state index contributed by atoms with van der Waals surface area (Å²) in [5.74, 6) is -0.241. The van der Waals surface area contributed by atoms with E-state index in [1.807, 2.05) is 68.4 Å². The molecule has 3 aromatic carbocycles. The van der Waals surface area contributed by atoms with E-state index in [0.29, 0.717) is 10.9 Å². The third-order valence-electron chi connectivity index (χ3n) is 4.55. The van der Waals surface area contributed by atoms with Gasteiger partial charge in [0.1, 0.15) is 0 Å². The van der Waals surface area contributed by atoms with E-state index in [1.165, 1.54) is 23.4 Å². The van der Waals surface area contributed by atoms with Crippen LogP contribution in [0.15, 0.2) is 82.6 Å². The van der Waals surface area contributed by atoms with Crippen LogP contribution in [-0.2, 0) is 0 Å². The first-order valence-electron chi connectivity index (χ1n) is 9.49. The Bertz CT molecular complexity index is 1240. The molecule has 0 aliphatic rings. The highest BCUT2D eigenvalue weighted by molar-refractivity contribution is 7.99. The number of aryl methyl sites for hydroxylation is 2. The predicted molar refractivity (Wildman–Crippen MR) is 125 cm³/mol. The number of hydrogen-bond donors (Lipinski definition) is 0. The lowest BCUT2D eigenvalue weighted by molar-refractivity contribution is 0.0718. The fraction of sp³-hybridized carbons (Fsp3) is 0.0833. The first-order chi connectivity index (χ1) is 14.9. The van der Waals surface area contributed by atoms with Gasteiger partial charge in [0.25, 0.3) is 0 Å². The van der Waals surface area contributed by atoms with Crippen molar-refractivity contribution in [2.75, 3.05) is 0 Å². The second-order valence-electron chi connectivity index (χ2n) is 6.90. The number of aromatic nitrogens is 2. The van der Waals surface area contributed by atoms with Gasteiger partial charge >= 0.3 is 5.97 Å². The Balaban J connectivity index is 1.77. The smallest absolute Gasteiger partial charge is 0.346 e. The van der Waals surface area contributed by atoms with Gasteiger partial charge < -0.3 is 4.74 Å². The Morgan fingerprint density at radius 1 is 0.968 bits per heavy atom. The summed E-state index contributed by atoms with van der Waals surface area (Å²) < 4.78 is 7.50. The van der Waals surface area contributed by atoms with Crippen molar-refractivity contribution in [1.29, 1.82) is 0 Å². The fourth-order valence-electron chi connectivity index (χ4n) is 2.97. The van der Waals surface area contributed by atoms with Gasteiger partial charge in [0.15, 0.2) is 0 Å². The van der Waals surface area contributed by atoms with Gasteiger partial charge in [0.2, 0.25) is 5.88 Å². The Labute approximate surface area is 194 Å². The maximum Gasteiger partial charge on any atom is 0.346 e. The number of para-hydroxylation sites is 1. The molecule has 4 aromatic rings. The lowest BCUT2D eigenvalue weighted by Crippen LogP contribution is -2.13. The largest absolute Gasteiger partial charge is 0.402 e. The van der Waals surface area contributed by atoms with Gasteiger partial charge in [0, 0.05) is 9.92 Å². The molecule has 1 aromatic heterocycles. The molecule has 0 bridgehead atoms. The molecule has 0 aliphatic heterocycles. The zero-order valence-corrected chi connectivity index (χ0v) is 19.1. The summed E-state index contributed by atoms with van der Waals surface area (Å²) >= 11 is 13.7. The summed E-state index contributed by atoms with van der Waals surface area (Å²) in [6.45, 7) is 3.93. The van der Waals surface area contributed by atoms with Gasteiger partial charge in [-0.15, -0.1) is 0 Å². The molecule has 0 atom stereocenters. The van der Waals surface area contributed by atoms with Crippen LogP contribution in [-0.4, -0.2) is 15.7 Å². The van der Waals surface area contributed by atoms with Crippen LogP contribution in [0.3, 0.4) is 0 Å². The number of hydrogen-bond acceptors (Lipinski definition) is 4. The SMILES string of the molecule is Cc1ccc(Sc2c(C)nn(-c3ccccc3)c2OC(=O)c2ccc(Cl)cc2Cl)cc1. The topological polar surface area (TPSA) is 44.1 Å². The third-order valence-corrected chi connectivity index (χ3v) is 6.28. The van der Waals surface area contributed by atoms with Gasteiger partial charge in [-0.25, -0.2) is 4.79 Å². The molecule has 0 saturated carbocycles. The van der Waals surface area contributed by atoms with E-state index in [0.717, 1.165) is 21.2 Å². The average Bonchev–Trinajstić information content (AvgIpc) is 3.05. The quantitative estimate of drug-likeness (QED) is 0.291. The Kier molecular flexibility index (Phi) is 6.37. The normalized spacial score (nSPS) is 10.8. The molecule has 31 heavy (non-hydrogen) atoms. The summed E-state index contributed by atoms with van der Waals surface area (Å²) in [7, 11) is 0. The van der Waals surface area contributed by atoms with Gasteiger partial charge in [-0.1, -0.05) is 70.9 Å². The first kappa shape index (κ1) is 21.5. The van der Waals surface area contributed by atoms with E-state index in [4.69, 9.17) is 27.9 Å². The molecule has 0 aliphatic carbocycles. The zero-order chi connectivity index (χ0) is 22.0. The lowest BCUT2D eigenvalue weighted by atomic mass is 10.2. The molecule has 0 radical (unpaired) electrons. The van der Waals surface area contributed by atoms with Gasteiger partial charge in [-0.05, 0) is 56.3 Å². The monoisotopic (exact) mass is 468 g/mol. The molecule has 0 N–H and O–H groups in total. The minimum absolute atomic E-state index is 0.229. The number of carbonyl (C=O) groups excluding carboxylic acids is 1. The molecule has 1 heterocycles. The fourth-order valence-corrected chi connectivity index (χ4v) is 4.36. The first-order valence-corrected chi connectivity index (χ1v) is 11.1. The molecule has 0 saturated heterocycles. The molecule has 0 fully saturated rings. The van der Waals surface area contributed by atoms with Gasteiger partial charge in [0.05, 0.1) is 26.9 Å². The van der Waals surface area contributed by atoms with E-state index < -0.39 is 5.97 Å². The van der Waals surface area contributed by atoms with Crippen molar-refractivity contribution in [2.45, 2.75) is 23.6 Å². The van der Waals surface area contributed by atoms with Crippen LogP contribution in [0.5, 0.6) is 5.88 Å². The van der Waals surface area contributed by atoms with Crippen molar-refractivity contribution in [3.05, 3.63) is 99.7 Å². The lowest BCUT2D eigenvalue weighted by Gasteiger charge is -2.11. The molecule has 0 unspecified atom stereocenters. The molecule has 4 nitrogen and oxygen atoms in total. The summed E-state index contributed by atoms with van der Waals surface area (Å²) in [6.07, 6.45) is 0. The third kappa shape index (κ3) is 4.79. The summed E-state index contributed by atoms with van der Waals surface area (Å²) in [5, 5.41) is 5.32. The molecule has 0 amide bonds. The van der Waals surface area contributed by atoms with Crippen LogP contribution < -0.4 is 4.74 Å². The average molecular weight is 469 g/mol. The Morgan fingerprint density at radius 3 is 2.35 bits per heavy atom. The van der Waals surface area contributed by atoms with Crippen LogP contribution in [0.2, 0.25) is 10.0 Å². The molecule has 4 rings (SSSR count). The number of rotatable bonds is 5. The minimum Gasteiger partial charge on any atom is -0.402 e. The number of ether oxygens (including phenoxy) is 1. The second-order valence-corrected chi connectivity index (χ2v) is 8.82. The molecule has 7 heteroatoms. The van der Waals surface area contributed by atoms with Crippen LogP contribution in [0.25, 0.3) is 5.69 Å². The zero-order valence-electron chi connectivity index (χ0n) is 16.8. The van der Waals surface area contributed by atoms with Gasteiger partial charge in [-0.2, -0.15) is 9.78 Å². The molecular formula is C24H18Cl2N2O2S. The number of carbonyl (C=O) groups is 1. The van der Waals surface area contributed by atoms with Crippen molar-refractivity contribution in [2.24, 2.45) is 0 Å². The van der Waals surface area contributed by atoms with Crippen molar-refractivity contribution in [3.63, 3.8) is 0 Å². The van der Waals surface area contributed by atoms with Crippen LogP contribution in [0.1, 0.15) is 21.6 Å². The Morgan fingerprint density at radius 2 is 1.68 bits per heavy atom. The van der Waals surface area contributed by atoms with E-state index in [2.05, 4.69) is 5.10 Å². The summed E-state index contributed by atoms with van der Waals surface area (Å²) in [6, 6.07) is 22.3. The second kappa shape index (κ2) is 9.18. The number of nitrogens with zero attached hydrogens (tertiary/aromatic N) is 2. The van der Waals surface area contributed by atoms with Crippen molar-refractivity contribution in [1.82, 2.24) is 9.78 Å². The van der Waals surface area contributed by atoms with Crippen molar-refractivity contribution >= 4 is 40.9 Å². The van der Waals surface area contributed by atoms with E-state index in [9.17, 15) is 4.79 Å². The maximum atomic E-state index is 13.0. The maximum absolute atomic E-state index is 13.0. The highest BCUT2D eigenvalue weighted by Gasteiger charge is 2.23. The van der Waals surface area contributed by atoms with E-state index in [1.54, 1.807) is 16.8 Å². The van der Waals surface area contributed by atoms with Crippen LogP contribution >= 0.6 is 35.0 Å². The van der Waals surface area contributed by atoms with Crippen LogP contribution in [0, 0.1) is 13.8 Å². The van der Waals surface area contributed by atoms with Gasteiger partial charge in [-0.3, -0.25) is 0 Å². The minimum atomic E-state index is -0.579. The molecular weight excluding hydrogens is 451 g/mol. The summed E-state index contributed by atoms with van der Waals surface area (Å²) in [4.78, 5) is 14.8. The number of benzene rings is 3. The van der Waals surface area contributed by atoms with E-state index >= 15 is 0 Å².